The number of carbonyl (C=O) groups excluding carboxylic acids is 1. The zero-order chi connectivity index (χ0) is 20.1. The van der Waals surface area contributed by atoms with Gasteiger partial charge in [-0.3, -0.25) is 9.78 Å². The number of pyridine rings is 1. The maximum atomic E-state index is 12.6. The first-order valence-electron chi connectivity index (χ1n) is 9.58. The Kier molecular flexibility index (Phi) is 5.72. The van der Waals surface area contributed by atoms with Gasteiger partial charge in [0, 0.05) is 41.8 Å². The number of aromatic nitrogens is 1. The average molecular weight is 389 g/mol. The second-order valence-corrected chi connectivity index (χ2v) is 6.73. The van der Waals surface area contributed by atoms with Gasteiger partial charge in [0.15, 0.2) is 0 Å². The summed E-state index contributed by atoms with van der Waals surface area (Å²) in [7, 11) is 1.62. The number of ether oxygens (including phenoxy) is 2. The van der Waals surface area contributed by atoms with Gasteiger partial charge in [-0.1, -0.05) is 12.1 Å². The number of carbonyl (C=O) groups is 1. The predicted octanol–water partition coefficient (Wildman–Crippen LogP) is 3.85. The van der Waals surface area contributed by atoms with Crippen LogP contribution in [-0.2, 0) is 4.74 Å². The molecule has 1 N–H and O–H groups in total. The van der Waals surface area contributed by atoms with Crippen LogP contribution in [0.1, 0.15) is 10.4 Å². The van der Waals surface area contributed by atoms with Crippen LogP contribution in [0.2, 0.25) is 0 Å². The van der Waals surface area contributed by atoms with Crippen LogP contribution < -0.4 is 15.0 Å². The van der Waals surface area contributed by atoms with Crippen LogP contribution in [0.5, 0.6) is 5.75 Å². The number of benzene rings is 2. The molecule has 0 spiro atoms. The topological polar surface area (TPSA) is 63.7 Å². The van der Waals surface area contributed by atoms with Crippen molar-refractivity contribution in [1.82, 2.24) is 4.98 Å². The third-order valence-electron chi connectivity index (χ3n) is 4.91. The summed E-state index contributed by atoms with van der Waals surface area (Å²) < 4.78 is 10.7. The highest BCUT2D eigenvalue weighted by atomic mass is 16.5. The molecule has 0 saturated carbocycles. The number of hydrogen-bond donors (Lipinski definition) is 1. The normalized spacial score (nSPS) is 13.8. The minimum atomic E-state index is -0.149. The van der Waals surface area contributed by atoms with E-state index in [-0.39, 0.29) is 5.91 Å². The third-order valence-corrected chi connectivity index (χ3v) is 4.91. The van der Waals surface area contributed by atoms with Crippen molar-refractivity contribution in [3.05, 3.63) is 72.4 Å². The Morgan fingerprint density at radius 1 is 1.03 bits per heavy atom. The molecule has 2 aromatic carbocycles. The summed E-state index contributed by atoms with van der Waals surface area (Å²) in [5.74, 6) is 0.550. The fourth-order valence-electron chi connectivity index (χ4n) is 3.33. The summed E-state index contributed by atoms with van der Waals surface area (Å²) in [6.45, 7) is 3.27. The molecular weight excluding hydrogens is 366 g/mol. The van der Waals surface area contributed by atoms with Crippen molar-refractivity contribution >= 4 is 17.3 Å². The molecule has 1 amide bonds. The van der Waals surface area contributed by atoms with Crippen molar-refractivity contribution in [3.8, 4) is 17.0 Å². The van der Waals surface area contributed by atoms with E-state index in [4.69, 9.17) is 9.47 Å². The molecule has 0 atom stereocenters. The zero-order valence-corrected chi connectivity index (χ0v) is 16.3. The second kappa shape index (κ2) is 8.75. The first-order valence-corrected chi connectivity index (χ1v) is 9.58. The van der Waals surface area contributed by atoms with E-state index in [1.54, 1.807) is 25.4 Å². The van der Waals surface area contributed by atoms with Gasteiger partial charge in [-0.05, 0) is 48.5 Å². The minimum Gasteiger partial charge on any atom is -0.494 e. The lowest BCUT2D eigenvalue weighted by atomic mass is 10.1. The molecule has 6 heteroatoms. The first-order chi connectivity index (χ1) is 14.2. The average Bonchev–Trinajstić information content (AvgIpc) is 2.80. The van der Waals surface area contributed by atoms with Gasteiger partial charge in [-0.2, -0.15) is 0 Å². The Morgan fingerprint density at radius 3 is 2.45 bits per heavy atom. The highest BCUT2D eigenvalue weighted by Crippen LogP contribution is 2.27. The van der Waals surface area contributed by atoms with Crippen LogP contribution in [0, 0.1) is 0 Å². The van der Waals surface area contributed by atoms with Crippen LogP contribution >= 0.6 is 0 Å². The second-order valence-electron chi connectivity index (χ2n) is 6.73. The molecule has 0 radical (unpaired) electrons. The van der Waals surface area contributed by atoms with Crippen LogP contribution in [0.15, 0.2) is 66.9 Å². The fraction of sp³-hybridized carbons (Fsp3) is 0.217. The van der Waals surface area contributed by atoms with Gasteiger partial charge in [0.2, 0.25) is 0 Å². The molecule has 1 aliphatic heterocycles. The third kappa shape index (κ3) is 4.38. The maximum Gasteiger partial charge on any atom is 0.255 e. The van der Waals surface area contributed by atoms with E-state index in [1.165, 1.54) is 0 Å². The maximum absolute atomic E-state index is 12.6. The highest BCUT2D eigenvalue weighted by molar-refractivity contribution is 6.04. The van der Waals surface area contributed by atoms with E-state index in [2.05, 4.69) is 15.2 Å². The van der Waals surface area contributed by atoms with E-state index in [0.29, 0.717) is 11.3 Å². The molecule has 1 saturated heterocycles. The number of nitrogens with one attached hydrogen (secondary N) is 1. The first kappa shape index (κ1) is 19.0. The molecule has 1 aliphatic rings. The quantitative estimate of drug-likeness (QED) is 0.718. The molecule has 6 nitrogen and oxygen atoms in total. The van der Waals surface area contributed by atoms with Crippen molar-refractivity contribution in [2.75, 3.05) is 43.6 Å². The van der Waals surface area contributed by atoms with E-state index >= 15 is 0 Å². The lowest BCUT2D eigenvalue weighted by molar-refractivity contribution is 0.102. The molecule has 0 bridgehead atoms. The summed E-state index contributed by atoms with van der Waals surface area (Å²) in [6, 6.07) is 18.9. The summed E-state index contributed by atoms with van der Waals surface area (Å²) in [4.78, 5) is 19.2. The van der Waals surface area contributed by atoms with E-state index in [0.717, 1.165) is 48.9 Å². The van der Waals surface area contributed by atoms with Crippen molar-refractivity contribution in [2.45, 2.75) is 0 Å². The molecule has 0 aliphatic carbocycles. The summed E-state index contributed by atoms with van der Waals surface area (Å²) >= 11 is 0. The van der Waals surface area contributed by atoms with Crippen LogP contribution in [-0.4, -0.2) is 44.3 Å². The van der Waals surface area contributed by atoms with E-state index in [9.17, 15) is 4.79 Å². The Labute approximate surface area is 170 Å². The van der Waals surface area contributed by atoms with Crippen molar-refractivity contribution in [2.24, 2.45) is 0 Å². The van der Waals surface area contributed by atoms with Gasteiger partial charge in [-0.15, -0.1) is 0 Å². The molecule has 148 valence electrons. The Bertz CT molecular complexity index is 965. The number of anilines is 2. The lowest BCUT2D eigenvalue weighted by Crippen LogP contribution is -2.36. The minimum absolute atomic E-state index is 0.149. The SMILES string of the molecule is COc1cccnc1-c1ccc(C(=O)Nc2ccc(N3CCOCC3)cc2)cc1. The van der Waals surface area contributed by atoms with Gasteiger partial charge >= 0.3 is 0 Å². The highest BCUT2D eigenvalue weighted by Gasteiger charge is 2.12. The van der Waals surface area contributed by atoms with Gasteiger partial charge in [0.25, 0.3) is 5.91 Å². The lowest BCUT2D eigenvalue weighted by Gasteiger charge is -2.28. The molecule has 3 aromatic rings. The molecule has 0 unspecified atom stereocenters. The Balaban J connectivity index is 1.43. The van der Waals surface area contributed by atoms with Crippen molar-refractivity contribution in [1.29, 1.82) is 0 Å². The molecular formula is C23H23N3O3. The molecule has 1 aromatic heterocycles. The number of methoxy groups -OCH3 is 1. The summed E-state index contributed by atoms with van der Waals surface area (Å²) in [5.41, 5.74) is 4.14. The van der Waals surface area contributed by atoms with Gasteiger partial charge < -0.3 is 19.7 Å². The van der Waals surface area contributed by atoms with Gasteiger partial charge in [0.1, 0.15) is 11.4 Å². The number of hydrogen-bond acceptors (Lipinski definition) is 5. The molecule has 2 heterocycles. The Hall–Kier alpha value is -3.38. The standard InChI is InChI=1S/C23H23N3O3/c1-28-21-3-2-12-24-22(21)17-4-6-18(7-5-17)23(27)25-19-8-10-20(11-9-19)26-13-15-29-16-14-26/h2-12H,13-16H2,1H3,(H,25,27). The predicted molar refractivity (Wildman–Crippen MR) is 114 cm³/mol. The van der Waals surface area contributed by atoms with Crippen LogP contribution in [0.4, 0.5) is 11.4 Å². The van der Waals surface area contributed by atoms with E-state index < -0.39 is 0 Å². The zero-order valence-electron chi connectivity index (χ0n) is 16.3. The van der Waals surface area contributed by atoms with E-state index in [1.807, 2.05) is 48.5 Å². The number of rotatable bonds is 5. The van der Waals surface area contributed by atoms with Crippen molar-refractivity contribution in [3.63, 3.8) is 0 Å². The van der Waals surface area contributed by atoms with Gasteiger partial charge in [0.05, 0.1) is 20.3 Å². The number of morpholine rings is 1. The molecule has 1 fully saturated rings. The number of nitrogens with zero attached hydrogens (tertiary/aromatic N) is 2. The smallest absolute Gasteiger partial charge is 0.255 e. The Morgan fingerprint density at radius 2 is 1.76 bits per heavy atom. The largest absolute Gasteiger partial charge is 0.494 e. The molecule has 29 heavy (non-hydrogen) atoms. The molecule has 4 rings (SSSR count). The fourth-order valence-corrected chi connectivity index (χ4v) is 3.33. The number of amides is 1. The van der Waals surface area contributed by atoms with Crippen LogP contribution in [0.25, 0.3) is 11.3 Å². The monoisotopic (exact) mass is 389 g/mol. The van der Waals surface area contributed by atoms with Crippen molar-refractivity contribution < 1.29 is 14.3 Å². The summed E-state index contributed by atoms with van der Waals surface area (Å²) in [5, 5.41) is 2.95. The van der Waals surface area contributed by atoms with Crippen LogP contribution in [0.3, 0.4) is 0 Å². The van der Waals surface area contributed by atoms with Gasteiger partial charge in [-0.25, -0.2) is 0 Å². The summed E-state index contributed by atoms with van der Waals surface area (Å²) in [6.07, 6.45) is 1.72.